The molecule has 1 aliphatic heterocycles. The number of fused-ring (bicyclic) bond motifs is 3. The average Bonchev–Trinajstić information content (AvgIpc) is 3.33. The van der Waals surface area contributed by atoms with Gasteiger partial charge in [0, 0.05) is 22.8 Å². The predicted molar refractivity (Wildman–Crippen MR) is 87.4 cm³/mol. The quantitative estimate of drug-likeness (QED) is 0.912. The van der Waals surface area contributed by atoms with Crippen LogP contribution in [0.25, 0.3) is 0 Å². The predicted octanol–water partition coefficient (Wildman–Crippen LogP) is 3.80. The number of aromatic carboxylic acids is 1. The number of hydrogen-bond donors (Lipinski definition) is 1. The molecule has 0 bridgehead atoms. The van der Waals surface area contributed by atoms with Crippen molar-refractivity contribution < 1.29 is 14.7 Å². The van der Waals surface area contributed by atoms with Crippen molar-refractivity contribution in [2.24, 2.45) is 5.92 Å². The van der Waals surface area contributed by atoms with E-state index >= 15 is 0 Å². The molecular formula is C18H14ClNO3. The van der Waals surface area contributed by atoms with Crippen molar-refractivity contribution in [3.63, 3.8) is 0 Å². The fraction of sp³-hybridized carbons (Fsp3) is 0.222. The highest BCUT2D eigenvalue weighted by Gasteiger charge is 2.48. The first kappa shape index (κ1) is 14.3. The van der Waals surface area contributed by atoms with Crippen LogP contribution in [0.3, 0.4) is 0 Å². The van der Waals surface area contributed by atoms with E-state index in [2.05, 4.69) is 0 Å². The molecule has 4 nitrogen and oxygen atoms in total. The lowest BCUT2D eigenvalue weighted by molar-refractivity contribution is 0.0695. The Balaban J connectivity index is 1.78. The normalized spacial score (nSPS) is 21.3. The van der Waals surface area contributed by atoms with Gasteiger partial charge in [0.25, 0.3) is 5.91 Å². The standard InChI is InChI=1S/C18H14ClNO3/c19-12-6-4-10(5-7-12)17(21)20-9-11-8-14(11)16-13(18(22)23)2-1-3-15(16)20/h1-7,11,14H,8-9H2,(H,22,23). The summed E-state index contributed by atoms with van der Waals surface area (Å²) in [6.07, 6.45) is 0.946. The molecule has 23 heavy (non-hydrogen) atoms. The van der Waals surface area contributed by atoms with Crippen LogP contribution < -0.4 is 4.90 Å². The van der Waals surface area contributed by atoms with Crippen molar-refractivity contribution in [1.82, 2.24) is 0 Å². The number of nitrogens with zero attached hydrogens (tertiary/aromatic N) is 1. The summed E-state index contributed by atoms with van der Waals surface area (Å²) in [7, 11) is 0. The summed E-state index contributed by atoms with van der Waals surface area (Å²) in [6, 6.07) is 11.9. The smallest absolute Gasteiger partial charge is 0.336 e. The Labute approximate surface area is 138 Å². The average molecular weight is 328 g/mol. The minimum absolute atomic E-state index is 0.115. The van der Waals surface area contributed by atoms with E-state index in [-0.39, 0.29) is 11.8 Å². The SMILES string of the molecule is O=C(O)c1cccc2c1C1CC1CN2C(=O)c1ccc(Cl)cc1. The van der Waals surface area contributed by atoms with E-state index in [1.165, 1.54) is 0 Å². The van der Waals surface area contributed by atoms with Crippen LogP contribution in [-0.2, 0) is 0 Å². The lowest BCUT2D eigenvalue weighted by Gasteiger charge is -2.30. The van der Waals surface area contributed by atoms with Gasteiger partial charge in [-0.15, -0.1) is 0 Å². The molecule has 0 radical (unpaired) electrons. The van der Waals surface area contributed by atoms with E-state index in [0.717, 1.165) is 17.7 Å². The van der Waals surface area contributed by atoms with Gasteiger partial charge in [0.05, 0.1) is 5.56 Å². The van der Waals surface area contributed by atoms with Crippen molar-refractivity contribution in [2.45, 2.75) is 12.3 Å². The Bertz CT molecular complexity index is 816. The zero-order chi connectivity index (χ0) is 16.1. The van der Waals surface area contributed by atoms with Gasteiger partial charge in [-0.05, 0) is 60.2 Å². The first-order chi connectivity index (χ1) is 11.1. The van der Waals surface area contributed by atoms with Gasteiger partial charge in [0.1, 0.15) is 0 Å². The zero-order valence-corrected chi connectivity index (χ0v) is 13.0. The summed E-state index contributed by atoms with van der Waals surface area (Å²) in [5.74, 6) is -0.421. The molecule has 0 spiro atoms. The Morgan fingerprint density at radius 1 is 1.13 bits per heavy atom. The van der Waals surface area contributed by atoms with Gasteiger partial charge in [-0.3, -0.25) is 4.79 Å². The number of carbonyl (C=O) groups excluding carboxylic acids is 1. The van der Waals surface area contributed by atoms with Crippen molar-refractivity contribution in [3.8, 4) is 0 Å². The number of halogens is 1. The molecule has 2 aliphatic rings. The Morgan fingerprint density at radius 3 is 2.57 bits per heavy atom. The molecule has 116 valence electrons. The van der Waals surface area contributed by atoms with Crippen LogP contribution in [0.1, 0.15) is 38.6 Å². The summed E-state index contributed by atoms with van der Waals surface area (Å²) < 4.78 is 0. The maximum atomic E-state index is 12.9. The molecule has 0 saturated heterocycles. The molecule has 1 aliphatic carbocycles. The fourth-order valence-corrected chi connectivity index (χ4v) is 3.57. The Morgan fingerprint density at radius 2 is 1.87 bits per heavy atom. The molecule has 1 saturated carbocycles. The van der Waals surface area contributed by atoms with Gasteiger partial charge in [-0.25, -0.2) is 4.79 Å². The van der Waals surface area contributed by atoms with E-state index < -0.39 is 5.97 Å². The molecule has 1 fully saturated rings. The van der Waals surface area contributed by atoms with Crippen molar-refractivity contribution >= 4 is 29.2 Å². The molecule has 2 aromatic carbocycles. The topological polar surface area (TPSA) is 57.6 Å². The first-order valence-electron chi connectivity index (χ1n) is 7.50. The largest absolute Gasteiger partial charge is 0.478 e. The lowest BCUT2D eigenvalue weighted by Crippen LogP contribution is -2.36. The zero-order valence-electron chi connectivity index (χ0n) is 12.2. The number of rotatable bonds is 2. The highest BCUT2D eigenvalue weighted by molar-refractivity contribution is 6.30. The highest BCUT2D eigenvalue weighted by Crippen LogP contribution is 2.55. The summed E-state index contributed by atoms with van der Waals surface area (Å²) in [6.45, 7) is 0.641. The van der Waals surface area contributed by atoms with Crippen molar-refractivity contribution in [1.29, 1.82) is 0 Å². The molecule has 1 heterocycles. The molecule has 0 aromatic heterocycles. The lowest BCUT2D eigenvalue weighted by atomic mass is 9.95. The number of anilines is 1. The third-order valence-electron chi connectivity index (χ3n) is 4.65. The first-order valence-corrected chi connectivity index (χ1v) is 7.87. The van der Waals surface area contributed by atoms with Gasteiger partial charge in [-0.1, -0.05) is 17.7 Å². The Kier molecular flexibility index (Phi) is 3.16. The Hall–Kier alpha value is -2.33. The highest BCUT2D eigenvalue weighted by atomic mass is 35.5. The molecule has 2 unspecified atom stereocenters. The molecule has 2 aromatic rings. The molecule has 1 N–H and O–H groups in total. The number of hydrogen-bond acceptors (Lipinski definition) is 2. The van der Waals surface area contributed by atoms with E-state index in [1.54, 1.807) is 41.3 Å². The molecule has 4 rings (SSSR count). The van der Waals surface area contributed by atoms with Gasteiger partial charge >= 0.3 is 5.97 Å². The van der Waals surface area contributed by atoms with Gasteiger partial charge < -0.3 is 10.0 Å². The third kappa shape index (κ3) is 2.30. The minimum atomic E-state index is -0.937. The summed E-state index contributed by atoms with van der Waals surface area (Å²) in [5, 5.41) is 10.0. The van der Waals surface area contributed by atoms with Crippen LogP contribution in [0, 0.1) is 5.92 Å². The second kappa shape index (κ2) is 5.10. The van der Waals surface area contributed by atoms with Crippen LogP contribution in [-0.4, -0.2) is 23.5 Å². The van der Waals surface area contributed by atoms with E-state index in [9.17, 15) is 14.7 Å². The maximum absolute atomic E-state index is 12.9. The van der Waals surface area contributed by atoms with Crippen LogP contribution in [0.2, 0.25) is 5.02 Å². The van der Waals surface area contributed by atoms with Crippen molar-refractivity contribution in [2.75, 3.05) is 11.4 Å². The molecule has 5 heteroatoms. The summed E-state index contributed by atoms with van der Waals surface area (Å²) in [5.41, 5.74) is 2.39. The number of carboxylic acids is 1. The second-order valence-corrected chi connectivity index (χ2v) is 6.50. The third-order valence-corrected chi connectivity index (χ3v) is 4.90. The maximum Gasteiger partial charge on any atom is 0.336 e. The van der Waals surface area contributed by atoms with Crippen LogP contribution >= 0.6 is 11.6 Å². The second-order valence-electron chi connectivity index (χ2n) is 6.07. The number of carbonyl (C=O) groups is 2. The van der Waals surface area contributed by atoms with Crippen LogP contribution in [0.5, 0.6) is 0 Å². The number of amides is 1. The van der Waals surface area contributed by atoms with E-state index in [1.807, 2.05) is 6.07 Å². The fourth-order valence-electron chi connectivity index (χ4n) is 3.44. The van der Waals surface area contributed by atoms with Gasteiger partial charge in [0.2, 0.25) is 0 Å². The molecule has 2 atom stereocenters. The minimum Gasteiger partial charge on any atom is -0.478 e. The number of benzene rings is 2. The number of carboxylic acid groups (broad SMARTS) is 1. The summed E-state index contributed by atoms with van der Waals surface area (Å²) in [4.78, 5) is 26.1. The van der Waals surface area contributed by atoms with E-state index in [4.69, 9.17) is 11.6 Å². The van der Waals surface area contributed by atoms with Crippen molar-refractivity contribution in [3.05, 3.63) is 64.2 Å². The molecular weight excluding hydrogens is 314 g/mol. The van der Waals surface area contributed by atoms with Gasteiger partial charge in [0.15, 0.2) is 0 Å². The summed E-state index contributed by atoms with van der Waals surface area (Å²) >= 11 is 5.88. The van der Waals surface area contributed by atoms with Crippen LogP contribution in [0.4, 0.5) is 5.69 Å². The van der Waals surface area contributed by atoms with Gasteiger partial charge in [-0.2, -0.15) is 0 Å². The van der Waals surface area contributed by atoms with Crippen LogP contribution in [0.15, 0.2) is 42.5 Å². The molecule has 1 amide bonds. The monoisotopic (exact) mass is 327 g/mol. The van der Waals surface area contributed by atoms with E-state index in [0.29, 0.717) is 28.6 Å².